The van der Waals surface area contributed by atoms with Gasteiger partial charge in [-0.1, -0.05) is 12.2 Å². The zero-order valence-electron chi connectivity index (χ0n) is 13.9. The standard InChI is InChI=1S/C17H23NO5/c1-17(2,3)23-16(21)18-10-6-5-7-12-11-13(22-4)8-9-14(12)15(19)20/h5,7-9,11H,6,10H2,1-4H3,(H,18,21)(H,19,20). The first-order chi connectivity index (χ1) is 10.7. The monoisotopic (exact) mass is 321 g/mol. The lowest BCUT2D eigenvalue weighted by molar-refractivity contribution is 0.0528. The molecule has 6 heteroatoms. The molecule has 23 heavy (non-hydrogen) atoms. The van der Waals surface area contributed by atoms with Crippen LogP contribution in [0.15, 0.2) is 24.3 Å². The Morgan fingerprint density at radius 3 is 2.57 bits per heavy atom. The third-order valence-corrected chi connectivity index (χ3v) is 2.77. The second-order valence-electron chi connectivity index (χ2n) is 5.88. The van der Waals surface area contributed by atoms with Gasteiger partial charge in [0.25, 0.3) is 0 Å². The van der Waals surface area contributed by atoms with Crippen molar-refractivity contribution in [3.8, 4) is 5.75 Å². The Labute approximate surface area is 136 Å². The van der Waals surface area contributed by atoms with Gasteiger partial charge < -0.3 is 19.9 Å². The lowest BCUT2D eigenvalue weighted by atomic mass is 10.1. The van der Waals surface area contributed by atoms with Gasteiger partial charge in [-0.25, -0.2) is 9.59 Å². The summed E-state index contributed by atoms with van der Waals surface area (Å²) in [5.41, 5.74) is 0.216. The highest BCUT2D eigenvalue weighted by molar-refractivity contribution is 5.92. The van der Waals surface area contributed by atoms with Crippen LogP contribution >= 0.6 is 0 Å². The lowest BCUT2D eigenvalue weighted by Gasteiger charge is -2.19. The third-order valence-electron chi connectivity index (χ3n) is 2.77. The van der Waals surface area contributed by atoms with Crippen molar-refractivity contribution in [2.24, 2.45) is 0 Å². The number of aromatic carboxylic acids is 1. The molecule has 0 fully saturated rings. The highest BCUT2D eigenvalue weighted by Crippen LogP contribution is 2.19. The summed E-state index contributed by atoms with van der Waals surface area (Å²) in [7, 11) is 1.52. The van der Waals surface area contributed by atoms with E-state index >= 15 is 0 Å². The van der Waals surface area contributed by atoms with E-state index in [2.05, 4.69) is 5.32 Å². The Morgan fingerprint density at radius 2 is 2.00 bits per heavy atom. The normalized spacial score (nSPS) is 11.3. The van der Waals surface area contributed by atoms with Gasteiger partial charge in [-0.3, -0.25) is 0 Å². The van der Waals surface area contributed by atoms with E-state index in [1.165, 1.54) is 13.2 Å². The van der Waals surface area contributed by atoms with E-state index in [1.54, 1.807) is 45.1 Å². The molecule has 0 bridgehead atoms. The van der Waals surface area contributed by atoms with Crippen molar-refractivity contribution in [1.29, 1.82) is 0 Å². The van der Waals surface area contributed by atoms with Gasteiger partial charge >= 0.3 is 12.1 Å². The topological polar surface area (TPSA) is 84.9 Å². The van der Waals surface area contributed by atoms with Crippen molar-refractivity contribution in [2.75, 3.05) is 13.7 Å². The van der Waals surface area contributed by atoms with Crippen molar-refractivity contribution in [3.63, 3.8) is 0 Å². The molecule has 0 aliphatic heterocycles. The maximum Gasteiger partial charge on any atom is 0.407 e. The van der Waals surface area contributed by atoms with E-state index in [9.17, 15) is 9.59 Å². The maximum absolute atomic E-state index is 11.5. The summed E-state index contributed by atoms with van der Waals surface area (Å²) in [6.07, 6.45) is 3.56. The number of carboxylic acid groups (broad SMARTS) is 1. The van der Waals surface area contributed by atoms with Crippen LogP contribution in [-0.4, -0.2) is 36.4 Å². The van der Waals surface area contributed by atoms with E-state index in [4.69, 9.17) is 14.6 Å². The average Bonchev–Trinajstić information content (AvgIpc) is 2.44. The third kappa shape index (κ3) is 6.86. The van der Waals surface area contributed by atoms with Gasteiger partial charge in [0.1, 0.15) is 11.4 Å². The van der Waals surface area contributed by atoms with Crippen LogP contribution in [0.25, 0.3) is 6.08 Å². The highest BCUT2D eigenvalue weighted by Gasteiger charge is 2.15. The number of methoxy groups -OCH3 is 1. The van der Waals surface area contributed by atoms with Crippen LogP contribution in [0, 0.1) is 0 Å². The number of alkyl carbamates (subject to hydrolysis) is 1. The molecule has 0 aromatic heterocycles. The fourth-order valence-electron chi connectivity index (χ4n) is 1.78. The lowest BCUT2D eigenvalue weighted by Crippen LogP contribution is -2.32. The van der Waals surface area contributed by atoms with Gasteiger partial charge in [0.05, 0.1) is 12.7 Å². The molecule has 0 aliphatic carbocycles. The molecule has 0 saturated heterocycles. The minimum atomic E-state index is -1.00. The van der Waals surface area contributed by atoms with E-state index in [-0.39, 0.29) is 5.56 Å². The first kappa shape index (κ1) is 18.5. The van der Waals surface area contributed by atoms with Crippen LogP contribution in [0.4, 0.5) is 4.79 Å². The molecule has 0 unspecified atom stereocenters. The Kier molecular flexibility index (Phi) is 6.63. The van der Waals surface area contributed by atoms with Gasteiger partial charge in [0.15, 0.2) is 0 Å². The molecule has 0 atom stereocenters. The van der Waals surface area contributed by atoms with Crippen molar-refractivity contribution >= 4 is 18.1 Å². The number of carboxylic acids is 1. The first-order valence-corrected chi connectivity index (χ1v) is 7.27. The molecule has 1 aromatic carbocycles. The van der Waals surface area contributed by atoms with Crippen LogP contribution in [0.5, 0.6) is 5.75 Å². The predicted octanol–water partition coefficient (Wildman–Crippen LogP) is 3.32. The zero-order chi connectivity index (χ0) is 17.5. The van der Waals surface area contributed by atoms with E-state index in [1.807, 2.05) is 0 Å². The fourth-order valence-corrected chi connectivity index (χ4v) is 1.78. The zero-order valence-corrected chi connectivity index (χ0v) is 13.9. The second kappa shape index (κ2) is 8.22. The van der Waals surface area contributed by atoms with E-state index in [0.717, 1.165) is 0 Å². The summed E-state index contributed by atoms with van der Waals surface area (Å²) in [6.45, 7) is 5.78. The molecule has 0 aliphatic rings. The molecule has 1 aromatic rings. The summed E-state index contributed by atoms with van der Waals surface area (Å²) in [5.74, 6) is -0.416. The number of carbonyl (C=O) groups is 2. The Balaban J connectivity index is 2.58. The quantitative estimate of drug-likeness (QED) is 0.785. The summed E-state index contributed by atoms with van der Waals surface area (Å²) in [5, 5.41) is 11.8. The van der Waals surface area contributed by atoms with Crippen molar-refractivity contribution < 1.29 is 24.2 Å². The van der Waals surface area contributed by atoms with Crippen molar-refractivity contribution in [3.05, 3.63) is 35.4 Å². The minimum Gasteiger partial charge on any atom is -0.497 e. The molecule has 0 heterocycles. The molecule has 0 spiro atoms. The predicted molar refractivity (Wildman–Crippen MR) is 87.8 cm³/mol. The van der Waals surface area contributed by atoms with Crippen LogP contribution in [0.3, 0.4) is 0 Å². The van der Waals surface area contributed by atoms with Gasteiger partial charge in [-0.05, 0) is 51.0 Å². The van der Waals surface area contributed by atoms with Gasteiger partial charge in [-0.2, -0.15) is 0 Å². The van der Waals surface area contributed by atoms with Crippen molar-refractivity contribution in [1.82, 2.24) is 5.32 Å². The Bertz CT molecular complexity index is 587. The summed E-state index contributed by atoms with van der Waals surface area (Å²) in [4.78, 5) is 22.7. The van der Waals surface area contributed by atoms with Gasteiger partial charge in [0, 0.05) is 6.54 Å². The van der Waals surface area contributed by atoms with Crippen molar-refractivity contribution in [2.45, 2.75) is 32.8 Å². The van der Waals surface area contributed by atoms with Gasteiger partial charge in [-0.15, -0.1) is 0 Å². The summed E-state index contributed by atoms with van der Waals surface area (Å²) < 4.78 is 10.2. The number of amides is 1. The first-order valence-electron chi connectivity index (χ1n) is 7.27. The van der Waals surface area contributed by atoms with Crippen LogP contribution < -0.4 is 10.1 Å². The molecule has 0 saturated carbocycles. The molecular weight excluding hydrogens is 298 g/mol. The smallest absolute Gasteiger partial charge is 0.407 e. The molecule has 0 radical (unpaired) electrons. The minimum absolute atomic E-state index is 0.196. The highest BCUT2D eigenvalue weighted by atomic mass is 16.6. The summed E-state index contributed by atoms with van der Waals surface area (Å²) in [6, 6.07) is 4.76. The SMILES string of the molecule is COc1ccc(C(=O)O)c(C=CCCNC(=O)OC(C)(C)C)c1. The molecular formula is C17H23NO5. The fraction of sp³-hybridized carbons (Fsp3) is 0.412. The van der Waals surface area contributed by atoms with Crippen LogP contribution in [0.2, 0.25) is 0 Å². The summed E-state index contributed by atoms with van der Waals surface area (Å²) >= 11 is 0. The van der Waals surface area contributed by atoms with E-state index < -0.39 is 17.7 Å². The van der Waals surface area contributed by atoms with Gasteiger partial charge in [0.2, 0.25) is 0 Å². The number of benzene rings is 1. The number of hydrogen-bond acceptors (Lipinski definition) is 4. The largest absolute Gasteiger partial charge is 0.497 e. The molecule has 2 N–H and O–H groups in total. The molecule has 1 rings (SSSR count). The average molecular weight is 321 g/mol. The van der Waals surface area contributed by atoms with Crippen LogP contribution in [0.1, 0.15) is 43.1 Å². The molecule has 6 nitrogen and oxygen atoms in total. The number of carbonyl (C=O) groups excluding carboxylic acids is 1. The molecule has 126 valence electrons. The molecule has 1 amide bonds. The van der Waals surface area contributed by atoms with E-state index in [0.29, 0.717) is 24.3 Å². The van der Waals surface area contributed by atoms with Crippen LogP contribution in [-0.2, 0) is 4.74 Å². The maximum atomic E-state index is 11.5. The second-order valence-corrected chi connectivity index (χ2v) is 5.88. The number of hydrogen-bond donors (Lipinski definition) is 2. The Morgan fingerprint density at radius 1 is 1.30 bits per heavy atom. The Hall–Kier alpha value is -2.50. The number of rotatable bonds is 6. The number of ether oxygens (including phenoxy) is 2. The number of nitrogens with one attached hydrogen (secondary N) is 1.